The first kappa shape index (κ1) is 19.3. The van der Waals surface area contributed by atoms with Crippen molar-refractivity contribution >= 4 is 60.1 Å². The summed E-state index contributed by atoms with van der Waals surface area (Å²) in [7, 11) is 1.57. The Labute approximate surface area is 169 Å². The molecule has 27 heavy (non-hydrogen) atoms. The first-order valence-corrected chi connectivity index (χ1v) is 9.96. The Morgan fingerprint density at radius 3 is 2.70 bits per heavy atom. The number of carbonyl (C=O) groups is 2. The Hall–Kier alpha value is -2.45. The van der Waals surface area contributed by atoms with Gasteiger partial charge in [-0.05, 0) is 58.7 Å². The predicted molar refractivity (Wildman–Crippen MR) is 112 cm³/mol. The number of carbonyl (C=O) groups excluding carboxylic acids is 2. The molecule has 0 aliphatic heterocycles. The molecule has 1 aromatic heterocycles. The van der Waals surface area contributed by atoms with Crippen LogP contribution in [0, 0.1) is 0 Å². The van der Waals surface area contributed by atoms with Gasteiger partial charge < -0.3 is 15.4 Å². The second kappa shape index (κ2) is 8.49. The van der Waals surface area contributed by atoms with Gasteiger partial charge in [-0.2, -0.15) is 0 Å². The molecule has 0 fully saturated rings. The quantitative estimate of drug-likeness (QED) is 0.553. The van der Waals surface area contributed by atoms with Crippen LogP contribution < -0.4 is 15.4 Å². The summed E-state index contributed by atoms with van der Waals surface area (Å²) in [6.45, 7) is 1.95. The number of hydrogen-bond acceptors (Lipinski definition) is 5. The van der Waals surface area contributed by atoms with Crippen LogP contribution in [0.25, 0.3) is 10.2 Å². The standard InChI is InChI=1S/C19H18BrN3O3S/c1-3-4-17(24)23-19-22-14-7-6-12(10-16(14)27-19)21-18(25)11-5-8-15(26-2)13(20)9-11/h5-10H,3-4H2,1-2H3,(H,21,25)(H,22,23,24). The van der Waals surface area contributed by atoms with Crippen LogP contribution in [0.1, 0.15) is 30.1 Å². The van der Waals surface area contributed by atoms with Crippen molar-refractivity contribution in [1.82, 2.24) is 4.98 Å². The largest absolute Gasteiger partial charge is 0.496 e. The number of rotatable bonds is 6. The van der Waals surface area contributed by atoms with E-state index in [2.05, 4.69) is 31.5 Å². The van der Waals surface area contributed by atoms with E-state index in [-0.39, 0.29) is 11.8 Å². The van der Waals surface area contributed by atoms with Gasteiger partial charge in [0.15, 0.2) is 5.13 Å². The van der Waals surface area contributed by atoms with Gasteiger partial charge in [0.25, 0.3) is 5.91 Å². The van der Waals surface area contributed by atoms with Crippen molar-refractivity contribution < 1.29 is 14.3 Å². The van der Waals surface area contributed by atoms with Gasteiger partial charge in [-0.3, -0.25) is 9.59 Å². The lowest BCUT2D eigenvalue weighted by Crippen LogP contribution is -2.11. The average molecular weight is 448 g/mol. The van der Waals surface area contributed by atoms with Gasteiger partial charge in [0.1, 0.15) is 5.75 Å². The highest BCUT2D eigenvalue weighted by Crippen LogP contribution is 2.29. The predicted octanol–water partition coefficient (Wildman–Crippen LogP) is 5.06. The first-order valence-electron chi connectivity index (χ1n) is 8.35. The van der Waals surface area contributed by atoms with Gasteiger partial charge in [0.05, 0.1) is 21.8 Å². The van der Waals surface area contributed by atoms with Crippen molar-refractivity contribution in [2.75, 3.05) is 17.7 Å². The summed E-state index contributed by atoms with van der Waals surface area (Å²) < 4.78 is 6.77. The summed E-state index contributed by atoms with van der Waals surface area (Å²) in [5.41, 5.74) is 1.95. The molecule has 0 saturated heterocycles. The molecule has 0 aliphatic rings. The second-order valence-electron chi connectivity index (χ2n) is 5.80. The third kappa shape index (κ3) is 4.64. The minimum Gasteiger partial charge on any atom is -0.496 e. The number of hydrogen-bond donors (Lipinski definition) is 2. The molecule has 2 amide bonds. The van der Waals surface area contributed by atoms with Gasteiger partial charge in [0, 0.05) is 17.7 Å². The fraction of sp³-hybridized carbons (Fsp3) is 0.211. The molecule has 8 heteroatoms. The lowest BCUT2D eigenvalue weighted by atomic mass is 10.2. The van der Waals surface area contributed by atoms with E-state index in [0.717, 1.165) is 16.6 Å². The molecule has 2 aromatic carbocycles. The van der Waals surface area contributed by atoms with Crippen LogP contribution in [0.3, 0.4) is 0 Å². The molecule has 0 aliphatic carbocycles. The van der Waals surface area contributed by atoms with Crippen molar-refractivity contribution in [3.05, 3.63) is 46.4 Å². The maximum absolute atomic E-state index is 12.5. The Balaban J connectivity index is 1.76. The molecule has 0 spiro atoms. The Bertz CT molecular complexity index is 1000. The van der Waals surface area contributed by atoms with Crippen LogP contribution in [0.4, 0.5) is 10.8 Å². The lowest BCUT2D eigenvalue weighted by Gasteiger charge is -2.07. The van der Waals surface area contributed by atoms with Crippen LogP contribution in [0.15, 0.2) is 40.9 Å². The fourth-order valence-corrected chi connectivity index (χ4v) is 3.94. The number of thiazole rings is 1. The van der Waals surface area contributed by atoms with Crippen LogP contribution >= 0.6 is 27.3 Å². The molecule has 6 nitrogen and oxygen atoms in total. The van der Waals surface area contributed by atoms with E-state index in [1.807, 2.05) is 19.1 Å². The number of fused-ring (bicyclic) bond motifs is 1. The third-order valence-electron chi connectivity index (χ3n) is 3.78. The highest BCUT2D eigenvalue weighted by Gasteiger charge is 2.11. The number of aromatic nitrogens is 1. The normalized spacial score (nSPS) is 10.6. The zero-order valence-electron chi connectivity index (χ0n) is 14.8. The van der Waals surface area contributed by atoms with Gasteiger partial charge in [-0.1, -0.05) is 18.3 Å². The molecule has 0 saturated carbocycles. The van der Waals surface area contributed by atoms with E-state index in [4.69, 9.17) is 4.74 Å². The summed E-state index contributed by atoms with van der Waals surface area (Å²) in [6.07, 6.45) is 1.25. The molecule has 0 unspecified atom stereocenters. The van der Waals surface area contributed by atoms with Crippen molar-refractivity contribution in [2.45, 2.75) is 19.8 Å². The maximum Gasteiger partial charge on any atom is 0.255 e. The third-order valence-corrected chi connectivity index (χ3v) is 5.34. The van der Waals surface area contributed by atoms with Gasteiger partial charge in [0.2, 0.25) is 5.91 Å². The molecule has 2 N–H and O–H groups in total. The average Bonchev–Trinajstić information content (AvgIpc) is 3.03. The molecular weight excluding hydrogens is 430 g/mol. The summed E-state index contributed by atoms with van der Waals surface area (Å²) in [5.74, 6) is 0.393. The van der Waals surface area contributed by atoms with E-state index in [1.165, 1.54) is 11.3 Å². The lowest BCUT2D eigenvalue weighted by molar-refractivity contribution is -0.116. The van der Waals surface area contributed by atoms with E-state index >= 15 is 0 Å². The van der Waals surface area contributed by atoms with E-state index in [1.54, 1.807) is 31.4 Å². The first-order chi connectivity index (χ1) is 13.0. The highest BCUT2D eigenvalue weighted by atomic mass is 79.9. The Morgan fingerprint density at radius 2 is 2.00 bits per heavy atom. The van der Waals surface area contributed by atoms with E-state index in [0.29, 0.717) is 33.0 Å². The molecule has 3 aromatic rings. The fourth-order valence-electron chi connectivity index (χ4n) is 2.48. The van der Waals surface area contributed by atoms with Gasteiger partial charge in [-0.15, -0.1) is 0 Å². The van der Waals surface area contributed by atoms with Crippen molar-refractivity contribution in [3.8, 4) is 5.75 Å². The minimum atomic E-state index is -0.223. The second-order valence-corrected chi connectivity index (χ2v) is 7.69. The highest BCUT2D eigenvalue weighted by molar-refractivity contribution is 9.10. The van der Waals surface area contributed by atoms with Gasteiger partial charge >= 0.3 is 0 Å². The number of amides is 2. The number of methoxy groups -OCH3 is 1. The van der Waals surface area contributed by atoms with E-state index in [9.17, 15) is 9.59 Å². The molecule has 0 bridgehead atoms. The van der Waals surface area contributed by atoms with Crippen molar-refractivity contribution in [1.29, 1.82) is 0 Å². The zero-order valence-corrected chi connectivity index (χ0v) is 17.2. The smallest absolute Gasteiger partial charge is 0.255 e. The molecule has 140 valence electrons. The van der Waals surface area contributed by atoms with Crippen LogP contribution in [-0.2, 0) is 4.79 Å². The minimum absolute atomic E-state index is 0.0461. The maximum atomic E-state index is 12.5. The monoisotopic (exact) mass is 447 g/mol. The number of anilines is 2. The topological polar surface area (TPSA) is 80.3 Å². The van der Waals surface area contributed by atoms with Crippen LogP contribution in [-0.4, -0.2) is 23.9 Å². The molecule has 0 radical (unpaired) electrons. The molecule has 3 rings (SSSR count). The summed E-state index contributed by atoms with van der Waals surface area (Å²) in [4.78, 5) is 28.6. The van der Waals surface area contributed by atoms with E-state index < -0.39 is 0 Å². The Morgan fingerprint density at radius 1 is 1.19 bits per heavy atom. The van der Waals surface area contributed by atoms with Crippen LogP contribution in [0.2, 0.25) is 0 Å². The summed E-state index contributed by atoms with van der Waals surface area (Å²) in [6, 6.07) is 10.6. The zero-order chi connectivity index (χ0) is 19.4. The number of halogens is 1. The SMILES string of the molecule is CCCC(=O)Nc1nc2ccc(NC(=O)c3ccc(OC)c(Br)c3)cc2s1. The summed E-state index contributed by atoms with van der Waals surface area (Å²) >= 11 is 4.76. The summed E-state index contributed by atoms with van der Waals surface area (Å²) in [5, 5.41) is 6.24. The number of ether oxygens (including phenoxy) is 1. The molecular formula is C19H18BrN3O3S. The van der Waals surface area contributed by atoms with Crippen molar-refractivity contribution in [3.63, 3.8) is 0 Å². The van der Waals surface area contributed by atoms with Gasteiger partial charge in [-0.25, -0.2) is 4.98 Å². The van der Waals surface area contributed by atoms with Crippen molar-refractivity contribution in [2.24, 2.45) is 0 Å². The number of nitrogens with one attached hydrogen (secondary N) is 2. The Kier molecular flexibility index (Phi) is 6.08. The molecule has 1 heterocycles. The van der Waals surface area contributed by atoms with Crippen LogP contribution in [0.5, 0.6) is 5.75 Å². The molecule has 0 atom stereocenters. The number of nitrogens with zero attached hydrogens (tertiary/aromatic N) is 1. The number of benzene rings is 2.